The summed E-state index contributed by atoms with van der Waals surface area (Å²) >= 11 is 2.66. The van der Waals surface area contributed by atoms with Crippen LogP contribution in [0.5, 0.6) is 0 Å². The van der Waals surface area contributed by atoms with Crippen LogP contribution in [0.2, 0.25) is 0 Å². The lowest BCUT2D eigenvalue weighted by atomic mass is 9.85. The third-order valence-electron chi connectivity index (χ3n) is 4.27. The normalized spacial score (nSPS) is 13.6. The Morgan fingerprint density at radius 3 is 1.77 bits per heavy atom. The van der Waals surface area contributed by atoms with Crippen molar-refractivity contribution in [3.63, 3.8) is 0 Å². The number of hydrogen-bond donors (Lipinski definition) is 0. The van der Waals surface area contributed by atoms with E-state index in [0.29, 0.717) is 0 Å². The Hall–Kier alpha value is -1.85. The molecule has 0 aliphatic heterocycles. The van der Waals surface area contributed by atoms with Crippen molar-refractivity contribution >= 4 is 15.9 Å². The quantitative estimate of drug-likeness (QED) is 0.363. The second kappa shape index (κ2) is 7.69. The van der Waals surface area contributed by atoms with Crippen LogP contribution >= 0.6 is 15.9 Å². The fraction of sp³-hybridized carbons (Fsp3) is 0.333. The van der Waals surface area contributed by atoms with Crippen LogP contribution in [0.4, 0.5) is 48.3 Å². The van der Waals surface area contributed by atoms with E-state index in [-0.39, 0.29) is 36.2 Å². The van der Waals surface area contributed by atoms with Gasteiger partial charge in [0.2, 0.25) is 0 Å². The fourth-order valence-corrected chi connectivity index (χ4v) is 3.49. The van der Waals surface area contributed by atoms with Crippen molar-refractivity contribution in [3.8, 4) is 11.1 Å². The van der Waals surface area contributed by atoms with Gasteiger partial charge in [0.15, 0.2) is 0 Å². The van der Waals surface area contributed by atoms with E-state index in [4.69, 9.17) is 0 Å². The van der Waals surface area contributed by atoms with Crippen LogP contribution in [0.3, 0.4) is 0 Å². The summed E-state index contributed by atoms with van der Waals surface area (Å²) in [5.41, 5.74) is -12.4. The van der Waals surface area contributed by atoms with Gasteiger partial charge in [-0.2, -0.15) is 39.5 Å². The molecule has 0 bridgehead atoms. The van der Waals surface area contributed by atoms with Gasteiger partial charge >= 0.3 is 24.2 Å². The van der Waals surface area contributed by atoms with Crippen molar-refractivity contribution < 1.29 is 48.3 Å². The lowest BCUT2D eigenvalue weighted by Crippen LogP contribution is -2.50. The van der Waals surface area contributed by atoms with Gasteiger partial charge in [-0.3, -0.25) is 0 Å². The Kier molecular flexibility index (Phi) is 6.26. The maximum atomic E-state index is 14.8. The van der Waals surface area contributed by atoms with E-state index in [1.165, 1.54) is 6.92 Å². The van der Waals surface area contributed by atoms with Crippen LogP contribution in [0.15, 0.2) is 34.8 Å². The average Bonchev–Trinajstić information content (AvgIpc) is 2.58. The summed E-state index contributed by atoms with van der Waals surface area (Å²) in [5, 5.41) is 0. The van der Waals surface area contributed by atoms with Crippen molar-refractivity contribution in [1.82, 2.24) is 0 Å². The third kappa shape index (κ3) is 4.15. The predicted molar refractivity (Wildman–Crippen MR) is 88.8 cm³/mol. The first-order valence-electron chi connectivity index (χ1n) is 7.97. The van der Waals surface area contributed by atoms with Crippen molar-refractivity contribution in [2.45, 2.75) is 37.5 Å². The second-order valence-corrected chi connectivity index (χ2v) is 7.05. The molecule has 166 valence electrons. The highest BCUT2D eigenvalue weighted by Crippen LogP contribution is 2.56. The van der Waals surface area contributed by atoms with E-state index in [0.717, 1.165) is 6.07 Å². The molecule has 0 nitrogen and oxygen atoms in total. The number of hydrogen-bond acceptors (Lipinski definition) is 0. The van der Waals surface area contributed by atoms with Gasteiger partial charge in [-0.15, -0.1) is 0 Å². The largest absolute Gasteiger partial charge is 0.435 e. The van der Waals surface area contributed by atoms with Gasteiger partial charge in [0, 0.05) is 21.2 Å². The lowest BCUT2D eigenvalue weighted by Gasteiger charge is -2.33. The molecule has 0 aliphatic rings. The first kappa shape index (κ1) is 24.4. The van der Waals surface area contributed by atoms with E-state index in [1.807, 2.05) is 0 Å². The van der Waals surface area contributed by atoms with E-state index in [1.54, 1.807) is 0 Å². The zero-order valence-corrected chi connectivity index (χ0v) is 16.2. The first-order chi connectivity index (χ1) is 13.4. The maximum Gasteiger partial charge on any atom is 0.435 e. The Bertz CT molecular complexity index is 925. The predicted octanol–water partition coefficient (Wildman–Crippen LogP) is 8.13. The molecule has 0 fully saturated rings. The minimum absolute atomic E-state index is 0.0255. The summed E-state index contributed by atoms with van der Waals surface area (Å²) in [6.07, 6.45) is -18.3. The zero-order chi connectivity index (χ0) is 23.3. The number of benzene rings is 2. The number of alkyl halides is 10. The van der Waals surface area contributed by atoms with E-state index >= 15 is 0 Å². The van der Waals surface area contributed by atoms with Gasteiger partial charge in [-0.05, 0) is 36.2 Å². The van der Waals surface area contributed by atoms with Gasteiger partial charge in [0.25, 0.3) is 0 Å². The molecule has 0 heterocycles. The molecule has 30 heavy (non-hydrogen) atoms. The molecule has 0 N–H and O–H groups in total. The Balaban J connectivity index is 3.04. The molecule has 2 rings (SSSR count). The minimum Gasteiger partial charge on any atom is -0.218 e. The number of halogens is 12. The zero-order valence-electron chi connectivity index (χ0n) is 14.6. The monoisotopic (exact) mass is 514 g/mol. The standard InChI is InChI=1S/C18H10BrF11/c1-2-8-5-11(15(21,17(25,26)27)18(28,29)30)14(12(19)6-8)10-7-9(16(22,23)24)3-4-13(10)20/h3-7H,2H2,1H3. The smallest absolute Gasteiger partial charge is 0.218 e. The van der Waals surface area contributed by atoms with Crippen LogP contribution in [0.1, 0.15) is 23.6 Å². The van der Waals surface area contributed by atoms with Gasteiger partial charge in [-0.25, -0.2) is 8.78 Å². The molecule has 2 aromatic rings. The van der Waals surface area contributed by atoms with E-state index in [2.05, 4.69) is 15.9 Å². The highest BCUT2D eigenvalue weighted by atomic mass is 79.9. The van der Waals surface area contributed by atoms with Gasteiger partial charge in [-0.1, -0.05) is 28.9 Å². The molecule has 0 spiro atoms. The summed E-state index contributed by atoms with van der Waals surface area (Å²) in [5.74, 6) is -1.57. The maximum absolute atomic E-state index is 14.8. The Morgan fingerprint density at radius 1 is 0.800 bits per heavy atom. The highest BCUT2D eigenvalue weighted by molar-refractivity contribution is 9.10. The highest BCUT2D eigenvalue weighted by Gasteiger charge is 2.74. The van der Waals surface area contributed by atoms with E-state index in [9.17, 15) is 48.3 Å². The minimum atomic E-state index is -6.54. The third-order valence-corrected chi connectivity index (χ3v) is 4.90. The molecule has 0 aliphatic carbocycles. The summed E-state index contributed by atoms with van der Waals surface area (Å²) in [4.78, 5) is 0. The number of rotatable bonds is 3. The van der Waals surface area contributed by atoms with Crippen molar-refractivity contribution in [1.29, 1.82) is 0 Å². The molecule has 0 amide bonds. The summed E-state index contributed by atoms with van der Waals surface area (Å²) < 4.78 is 147. The molecule has 0 saturated heterocycles. The summed E-state index contributed by atoms with van der Waals surface area (Å²) in [7, 11) is 0. The SMILES string of the molecule is CCc1cc(Br)c(-c2cc(C(F)(F)F)ccc2F)c(C(F)(C(F)(F)F)C(F)(F)F)c1. The van der Waals surface area contributed by atoms with Crippen molar-refractivity contribution in [2.75, 3.05) is 0 Å². The van der Waals surface area contributed by atoms with Crippen LogP contribution in [0, 0.1) is 5.82 Å². The Labute approximate surface area is 170 Å². The van der Waals surface area contributed by atoms with E-state index < -0.39 is 56.7 Å². The molecule has 0 atom stereocenters. The molecule has 0 saturated carbocycles. The van der Waals surface area contributed by atoms with Crippen LogP contribution in [0.25, 0.3) is 11.1 Å². The summed E-state index contributed by atoms with van der Waals surface area (Å²) in [6.45, 7) is 1.34. The van der Waals surface area contributed by atoms with Crippen LogP contribution in [-0.4, -0.2) is 12.4 Å². The molecule has 0 aromatic heterocycles. The number of aryl methyl sites for hydroxylation is 1. The van der Waals surface area contributed by atoms with Crippen molar-refractivity contribution in [3.05, 3.63) is 57.3 Å². The van der Waals surface area contributed by atoms with Gasteiger partial charge in [0.1, 0.15) is 5.82 Å². The topological polar surface area (TPSA) is 0 Å². The average molecular weight is 515 g/mol. The molecular formula is C18H10BrF11. The fourth-order valence-electron chi connectivity index (χ4n) is 2.77. The van der Waals surface area contributed by atoms with Crippen LogP contribution < -0.4 is 0 Å². The lowest BCUT2D eigenvalue weighted by molar-refractivity contribution is -0.348. The second-order valence-electron chi connectivity index (χ2n) is 6.20. The van der Waals surface area contributed by atoms with Gasteiger partial charge in [0.05, 0.1) is 5.56 Å². The molecular weight excluding hydrogens is 505 g/mol. The molecule has 12 heteroatoms. The van der Waals surface area contributed by atoms with Crippen LogP contribution in [-0.2, 0) is 18.3 Å². The summed E-state index contributed by atoms with van der Waals surface area (Å²) in [6, 6.07) is 1.70. The molecule has 0 radical (unpaired) electrons. The molecule has 0 unspecified atom stereocenters. The van der Waals surface area contributed by atoms with Crippen molar-refractivity contribution in [2.24, 2.45) is 0 Å². The molecule has 2 aromatic carbocycles. The first-order valence-corrected chi connectivity index (χ1v) is 8.76. The van der Waals surface area contributed by atoms with Gasteiger partial charge < -0.3 is 0 Å². The Morgan fingerprint density at radius 2 is 1.33 bits per heavy atom.